The molecule has 0 saturated heterocycles. The van der Waals surface area contributed by atoms with Crippen molar-refractivity contribution in [1.29, 1.82) is 0 Å². The first kappa shape index (κ1) is 14.5. The maximum absolute atomic E-state index is 11.5. The molecule has 1 rings (SSSR count). The van der Waals surface area contributed by atoms with Crippen LogP contribution in [0.5, 0.6) is 5.88 Å². The molecule has 0 fully saturated rings. The summed E-state index contributed by atoms with van der Waals surface area (Å²) in [6.45, 7) is 3.74. The number of nitrogens with two attached hydrogens (primary N) is 1. The van der Waals surface area contributed by atoms with E-state index in [2.05, 4.69) is 5.10 Å². The third-order valence-corrected chi connectivity index (χ3v) is 3.03. The summed E-state index contributed by atoms with van der Waals surface area (Å²) in [6, 6.07) is -0.194. The Morgan fingerprint density at radius 1 is 1.50 bits per heavy atom. The van der Waals surface area contributed by atoms with Crippen molar-refractivity contribution in [3.8, 4) is 5.88 Å². The number of methoxy groups -OCH3 is 2. The number of ether oxygens (including phenoxy) is 2. The van der Waals surface area contributed by atoms with Gasteiger partial charge < -0.3 is 15.2 Å². The second-order valence-corrected chi connectivity index (χ2v) is 4.38. The number of esters is 1. The van der Waals surface area contributed by atoms with Gasteiger partial charge in [-0.05, 0) is 13.8 Å². The summed E-state index contributed by atoms with van der Waals surface area (Å²) in [6.07, 6.45) is 0.219. The smallest absolute Gasteiger partial charge is 0.306 e. The zero-order valence-corrected chi connectivity index (χ0v) is 11.6. The molecule has 2 unspecified atom stereocenters. The molecule has 1 heterocycles. The quantitative estimate of drug-likeness (QED) is 0.785. The highest BCUT2D eigenvalue weighted by Gasteiger charge is 2.28. The van der Waals surface area contributed by atoms with E-state index in [9.17, 15) is 4.79 Å². The van der Waals surface area contributed by atoms with Gasteiger partial charge in [-0.3, -0.25) is 4.79 Å². The Hall–Kier alpha value is -1.56. The number of rotatable bonds is 5. The first-order valence-electron chi connectivity index (χ1n) is 5.82. The highest BCUT2D eigenvalue weighted by Crippen LogP contribution is 2.33. The van der Waals surface area contributed by atoms with Crippen LogP contribution in [0.3, 0.4) is 0 Å². The van der Waals surface area contributed by atoms with Gasteiger partial charge in [-0.25, -0.2) is 4.68 Å². The van der Waals surface area contributed by atoms with Gasteiger partial charge in [0.05, 0.1) is 26.3 Å². The van der Waals surface area contributed by atoms with E-state index in [4.69, 9.17) is 15.2 Å². The Bertz CT molecular complexity index is 426. The van der Waals surface area contributed by atoms with E-state index in [1.165, 1.54) is 7.11 Å². The average Bonchev–Trinajstić information content (AvgIpc) is 2.59. The van der Waals surface area contributed by atoms with Crippen LogP contribution in [-0.4, -0.2) is 36.0 Å². The number of nitrogens with zero attached hydrogens (tertiary/aromatic N) is 2. The van der Waals surface area contributed by atoms with Crippen LogP contribution in [0.1, 0.15) is 30.5 Å². The SMILES string of the molecule is COC(=O)CC(c1c(C)nn(C)c1OC)C(C)N. The normalized spacial score (nSPS) is 14.1. The van der Waals surface area contributed by atoms with E-state index in [0.29, 0.717) is 5.88 Å². The van der Waals surface area contributed by atoms with Crippen LogP contribution in [0.4, 0.5) is 0 Å². The fourth-order valence-corrected chi connectivity index (χ4v) is 2.14. The van der Waals surface area contributed by atoms with Gasteiger partial charge in [0.15, 0.2) is 0 Å². The zero-order chi connectivity index (χ0) is 13.9. The predicted octanol–water partition coefficient (Wildman–Crippen LogP) is 0.731. The third-order valence-electron chi connectivity index (χ3n) is 3.03. The Labute approximate surface area is 107 Å². The number of hydrogen-bond acceptors (Lipinski definition) is 5. The number of hydrogen-bond donors (Lipinski definition) is 1. The van der Waals surface area contributed by atoms with E-state index in [1.807, 2.05) is 13.8 Å². The molecule has 0 aromatic carbocycles. The molecule has 0 aliphatic carbocycles. The second-order valence-electron chi connectivity index (χ2n) is 4.38. The lowest BCUT2D eigenvalue weighted by molar-refractivity contribution is -0.141. The Morgan fingerprint density at radius 2 is 2.11 bits per heavy atom. The van der Waals surface area contributed by atoms with Gasteiger partial charge in [0.1, 0.15) is 0 Å². The van der Waals surface area contributed by atoms with E-state index < -0.39 is 0 Å². The summed E-state index contributed by atoms with van der Waals surface area (Å²) >= 11 is 0. The van der Waals surface area contributed by atoms with E-state index in [1.54, 1.807) is 18.8 Å². The Morgan fingerprint density at radius 3 is 2.56 bits per heavy atom. The zero-order valence-electron chi connectivity index (χ0n) is 11.6. The van der Waals surface area contributed by atoms with Crippen LogP contribution in [0.25, 0.3) is 0 Å². The lowest BCUT2D eigenvalue weighted by atomic mass is 9.90. The molecule has 6 heteroatoms. The summed E-state index contributed by atoms with van der Waals surface area (Å²) in [5.74, 6) is 0.183. The topological polar surface area (TPSA) is 79.4 Å². The lowest BCUT2D eigenvalue weighted by Gasteiger charge is -2.20. The fourth-order valence-electron chi connectivity index (χ4n) is 2.14. The van der Waals surface area contributed by atoms with Crippen molar-refractivity contribution >= 4 is 5.97 Å². The van der Waals surface area contributed by atoms with Gasteiger partial charge in [0.25, 0.3) is 0 Å². The summed E-state index contributed by atoms with van der Waals surface area (Å²) < 4.78 is 11.7. The number of carbonyl (C=O) groups excluding carboxylic acids is 1. The van der Waals surface area contributed by atoms with Crippen molar-refractivity contribution in [2.24, 2.45) is 12.8 Å². The van der Waals surface area contributed by atoms with Gasteiger partial charge in [-0.1, -0.05) is 0 Å². The maximum Gasteiger partial charge on any atom is 0.306 e. The van der Waals surface area contributed by atoms with E-state index in [-0.39, 0.29) is 24.3 Å². The van der Waals surface area contributed by atoms with Crippen molar-refractivity contribution < 1.29 is 14.3 Å². The largest absolute Gasteiger partial charge is 0.481 e. The number of aromatic nitrogens is 2. The van der Waals surface area contributed by atoms with Crippen LogP contribution < -0.4 is 10.5 Å². The minimum Gasteiger partial charge on any atom is -0.481 e. The molecule has 0 spiro atoms. The van der Waals surface area contributed by atoms with Crippen LogP contribution in [0.15, 0.2) is 0 Å². The highest BCUT2D eigenvalue weighted by molar-refractivity contribution is 5.70. The van der Waals surface area contributed by atoms with Gasteiger partial charge in [-0.15, -0.1) is 0 Å². The molecule has 2 N–H and O–H groups in total. The van der Waals surface area contributed by atoms with Crippen LogP contribution in [-0.2, 0) is 16.6 Å². The van der Waals surface area contributed by atoms with Gasteiger partial charge >= 0.3 is 5.97 Å². The molecule has 0 aliphatic rings. The molecule has 18 heavy (non-hydrogen) atoms. The van der Waals surface area contributed by atoms with E-state index in [0.717, 1.165) is 11.3 Å². The molecule has 6 nitrogen and oxygen atoms in total. The van der Waals surface area contributed by atoms with Crippen LogP contribution in [0, 0.1) is 6.92 Å². The van der Waals surface area contributed by atoms with Gasteiger partial charge in [0.2, 0.25) is 5.88 Å². The van der Waals surface area contributed by atoms with Crippen molar-refractivity contribution in [2.75, 3.05) is 14.2 Å². The Kier molecular flexibility index (Phi) is 4.72. The highest BCUT2D eigenvalue weighted by atomic mass is 16.5. The molecule has 0 aliphatic heterocycles. The maximum atomic E-state index is 11.5. The van der Waals surface area contributed by atoms with Crippen molar-refractivity contribution in [3.05, 3.63) is 11.3 Å². The average molecular weight is 255 g/mol. The first-order valence-corrected chi connectivity index (χ1v) is 5.82. The van der Waals surface area contributed by atoms with Crippen molar-refractivity contribution in [3.63, 3.8) is 0 Å². The molecule has 0 bridgehead atoms. The first-order chi connectivity index (χ1) is 8.42. The molecule has 0 amide bonds. The van der Waals surface area contributed by atoms with Crippen LogP contribution >= 0.6 is 0 Å². The monoisotopic (exact) mass is 255 g/mol. The minimum absolute atomic E-state index is 0.166. The van der Waals surface area contributed by atoms with E-state index >= 15 is 0 Å². The molecule has 102 valence electrons. The molecular formula is C12H21N3O3. The second kappa shape index (κ2) is 5.86. The molecule has 0 radical (unpaired) electrons. The van der Waals surface area contributed by atoms with Crippen LogP contribution in [0.2, 0.25) is 0 Å². The molecule has 1 aromatic rings. The van der Waals surface area contributed by atoms with Crippen molar-refractivity contribution in [2.45, 2.75) is 32.2 Å². The molecule has 1 aromatic heterocycles. The summed E-state index contributed by atoms with van der Waals surface area (Å²) in [7, 11) is 4.75. The summed E-state index contributed by atoms with van der Waals surface area (Å²) in [5, 5.41) is 4.30. The predicted molar refractivity (Wildman–Crippen MR) is 67.5 cm³/mol. The van der Waals surface area contributed by atoms with Crippen molar-refractivity contribution in [1.82, 2.24) is 9.78 Å². The summed E-state index contributed by atoms with van der Waals surface area (Å²) in [4.78, 5) is 11.5. The molecular weight excluding hydrogens is 234 g/mol. The van der Waals surface area contributed by atoms with Gasteiger partial charge in [-0.2, -0.15) is 5.10 Å². The third kappa shape index (κ3) is 2.81. The molecule has 2 atom stereocenters. The number of aryl methyl sites for hydroxylation is 2. The lowest BCUT2D eigenvalue weighted by Crippen LogP contribution is -2.28. The number of carbonyl (C=O) groups is 1. The fraction of sp³-hybridized carbons (Fsp3) is 0.667. The standard InChI is InChI=1S/C12H21N3O3/c1-7(13)9(6-10(16)17-4)11-8(2)14-15(3)12(11)18-5/h7,9H,6,13H2,1-5H3. The molecule has 0 saturated carbocycles. The summed E-state index contributed by atoms with van der Waals surface area (Å²) in [5.41, 5.74) is 7.67. The van der Waals surface area contributed by atoms with Gasteiger partial charge in [0, 0.05) is 24.6 Å². The Balaban J connectivity index is 3.17. The minimum atomic E-state index is -0.289.